The summed E-state index contributed by atoms with van der Waals surface area (Å²) < 4.78 is 56.7. The van der Waals surface area contributed by atoms with E-state index in [0.29, 0.717) is 11.8 Å². The quantitative estimate of drug-likeness (QED) is 0.686. The maximum absolute atomic E-state index is 13.6. The molecule has 3 rings (SSSR count). The van der Waals surface area contributed by atoms with Crippen LogP contribution >= 0.6 is 0 Å². The number of anilines is 2. The number of nitrogens with one attached hydrogen (secondary N) is 1. The predicted molar refractivity (Wildman–Crippen MR) is 82.9 cm³/mol. The molecule has 6 nitrogen and oxygen atoms in total. The Morgan fingerprint density at radius 3 is 2.46 bits per heavy atom. The molecule has 2 heterocycles. The van der Waals surface area contributed by atoms with Crippen LogP contribution in [0.5, 0.6) is 0 Å². The second kappa shape index (κ2) is 6.47. The van der Waals surface area contributed by atoms with Gasteiger partial charge >= 0.3 is 6.18 Å². The zero-order chi connectivity index (χ0) is 18.9. The van der Waals surface area contributed by atoms with E-state index in [4.69, 9.17) is 10.2 Å². The van der Waals surface area contributed by atoms with Crippen molar-refractivity contribution in [1.82, 2.24) is 9.97 Å². The van der Waals surface area contributed by atoms with E-state index in [9.17, 15) is 22.4 Å². The van der Waals surface area contributed by atoms with Gasteiger partial charge in [-0.3, -0.25) is 4.79 Å². The molecule has 0 saturated heterocycles. The van der Waals surface area contributed by atoms with Crippen molar-refractivity contribution in [3.05, 3.63) is 59.8 Å². The van der Waals surface area contributed by atoms with Crippen LogP contribution in [-0.4, -0.2) is 15.9 Å². The van der Waals surface area contributed by atoms with E-state index in [1.807, 2.05) is 0 Å². The molecular weight excluding hydrogens is 356 g/mol. The molecule has 0 aliphatic heterocycles. The number of benzene rings is 1. The number of nitrogens with zero attached hydrogens (tertiary/aromatic N) is 2. The topological polar surface area (TPSA) is 94.0 Å². The zero-order valence-electron chi connectivity index (χ0n) is 12.8. The van der Waals surface area contributed by atoms with E-state index < -0.39 is 23.5 Å². The molecule has 0 bridgehead atoms. The van der Waals surface area contributed by atoms with Crippen LogP contribution in [0.3, 0.4) is 0 Å². The van der Waals surface area contributed by atoms with Crippen molar-refractivity contribution >= 4 is 17.6 Å². The molecule has 1 amide bonds. The van der Waals surface area contributed by atoms with Gasteiger partial charge in [0.25, 0.3) is 11.9 Å². The molecule has 0 aliphatic rings. The molecular formula is C16H10F4N4O2. The summed E-state index contributed by atoms with van der Waals surface area (Å²) in [6.45, 7) is 0. The summed E-state index contributed by atoms with van der Waals surface area (Å²) in [6.07, 6.45) is -2.22. The van der Waals surface area contributed by atoms with Crippen LogP contribution in [0.25, 0.3) is 11.3 Å². The Morgan fingerprint density at radius 1 is 1.12 bits per heavy atom. The van der Waals surface area contributed by atoms with Crippen molar-refractivity contribution in [2.75, 3.05) is 5.32 Å². The lowest BCUT2D eigenvalue weighted by atomic mass is 10.1. The van der Waals surface area contributed by atoms with Gasteiger partial charge in [0.1, 0.15) is 11.5 Å². The van der Waals surface area contributed by atoms with Gasteiger partial charge in [-0.1, -0.05) is 6.07 Å². The summed E-state index contributed by atoms with van der Waals surface area (Å²) in [6, 6.07) is 5.34. The SMILES string of the molecule is NC(=O)c1ccc(Nc2ncc(-c3ccc(C(F)(F)F)c(F)c3)o2)cn1. The van der Waals surface area contributed by atoms with Gasteiger partial charge in [0, 0.05) is 5.56 Å². The Kier molecular flexibility index (Phi) is 4.33. The molecule has 1 aromatic carbocycles. The lowest BCUT2D eigenvalue weighted by molar-refractivity contribution is -0.139. The minimum atomic E-state index is -4.78. The van der Waals surface area contributed by atoms with Crippen LogP contribution in [0.4, 0.5) is 29.3 Å². The summed E-state index contributed by atoms with van der Waals surface area (Å²) in [4.78, 5) is 18.7. The van der Waals surface area contributed by atoms with Gasteiger partial charge in [0.05, 0.1) is 23.6 Å². The highest BCUT2D eigenvalue weighted by Gasteiger charge is 2.34. The second-order valence-electron chi connectivity index (χ2n) is 5.14. The van der Waals surface area contributed by atoms with E-state index >= 15 is 0 Å². The molecule has 0 spiro atoms. The third kappa shape index (κ3) is 3.63. The highest BCUT2D eigenvalue weighted by Crippen LogP contribution is 2.34. The number of carbonyl (C=O) groups is 1. The Balaban J connectivity index is 1.79. The van der Waals surface area contributed by atoms with Crippen molar-refractivity contribution < 1.29 is 26.8 Å². The maximum atomic E-state index is 13.6. The van der Waals surface area contributed by atoms with Gasteiger partial charge in [-0.2, -0.15) is 13.2 Å². The number of hydrogen-bond donors (Lipinski definition) is 2. The number of pyridine rings is 1. The molecule has 3 aromatic rings. The molecule has 3 N–H and O–H groups in total. The van der Waals surface area contributed by atoms with Crippen LogP contribution in [-0.2, 0) is 6.18 Å². The smallest absolute Gasteiger partial charge is 0.419 e. The number of hydrogen-bond acceptors (Lipinski definition) is 5. The molecule has 0 fully saturated rings. The van der Waals surface area contributed by atoms with Gasteiger partial charge in [0.2, 0.25) is 0 Å². The number of aromatic nitrogens is 2. The first kappa shape index (κ1) is 17.4. The zero-order valence-corrected chi connectivity index (χ0v) is 12.8. The molecule has 2 aromatic heterocycles. The van der Waals surface area contributed by atoms with Gasteiger partial charge < -0.3 is 15.5 Å². The van der Waals surface area contributed by atoms with Crippen LogP contribution < -0.4 is 11.1 Å². The first-order valence-corrected chi connectivity index (χ1v) is 7.10. The number of carbonyl (C=O) groups excluding carboxylic acids is 1. The van der Waals surface area contributed by atoms with E-state index in [1.54, 1.807) is 0 Å². The van der Waals surface area contributed by atoms with Crippen molar-refractivity contribution in [3.8, 4) is 11.3 Å². The minimum Gasteiger partial charge on any atom is -0.423 e. The van der Waals surface area contributed by atoms with Gasteiger partial charge in [-0.05, 0) is 24.3 Å². The third-order valence-corrected chi connectivity index (χ3v) is 3.33. The standard InChI is InChI=1S/C16H10F4N4O2/c17-11-5-8(1-3-10(11)16(18,19)20)13-7-23-15(26-13)24-9-2-4-12(14(21)25)22-6-9/h1-7H,(H2,21,25)(H,23,24). The number of primary amides is 1. The van der Waals surface area contributed by atoms with Crippen LogP contribution in [0.2, 0.25) is 0 Å². The fourth-order valence-electron chi connectivity index (χ4n) is 2.10. The first-order chi connectivity index (χ1) is 12.2. The number of alkyl halides is 3. The Morgan fingerprint density at radius 2 is 1.88 bits per heavy atom. The fraction of sp³-hybridized carbons (Fsp3) is 0.0625. The van der Waals surface area contributed by atoms with Gasteiger partial charge in [0.15, 0.2) is 5.76 Å². The Hall–Kier alpha value is -3.43. The molecule has 0 aliphatic carbocycles. The summed E-state index contributed by atoms with van der Waals surface area (Å²) in [5.74, 6) is -2.02. The fourth-order valence-corrected chi connectivity index (χ4v) is 2.10. The van der Waals surface area contributed by atoms with Crippen LogP contribution in [0, 0.1) is 5.82 Å². The summed E-state index contributed by atoms with van der Waals surface area (Å²) in [5, 5.41) is 2.74. The molecule has 0 unspecified atom stereocenters. The number of amides is 1. The molecule has 0 saturated carbocycles. The van der Waals surface area contributed by atoms with E-state index in [-0.39, 0.29) is 23.0 Å². The first-order valence-electron chi connectivity index (χ1n) is 7.10. The van der Waals surface area contributed by atoms with Crippen molar-refractivity contribution in [1.29, 1.82) is 0 Å². The average Bonchev–Trinajstić information content (AvgIpc) is 3.02. The molecule has 0 atom stereocenters. The van der Waals surface area contributed by atoms with Gasteiger partial charge in [-0.15, -0.1) is 0 Å². The van der Waals surface area contributed by atoms with Crippen molar-refractivity contribution in [2.45, 2.75) is 6.18 Å². The van der Waals surface area contributed by atoms with Crippen molar-refractivity contribution in [2.24, 2.45) is 5.73 Å². The third-order valence-electron chi connectivity index (χ3n) is 3.33. The number of rotatable bonds is 4. The lowest BCUT2D eigenvalue weighted by Crippen LogP contribution is -2.12. The normalized spacial score (nSPS) is 11.4. The molecule has 0 radical (unpaired) electrons. The summed E-state index contributed by atoms with van der Waals surface area (Å²) in [7, 11) is 0. The van der Waals surface area contributed by atoms with Gasteiger partial charge in [-0.25, -0.2) is 14.4 Å². The largest absolute Gasteiger partial charge is 0.423 e. The van der Waals surface area contributed by atoms with E-state index in [1.165, 1.54) is 24.5 Å². The number of oxazole rings is 1. The van der Waals surface area contributed by atoms with Crippen LogP contribution in [0.1, 0.15) is 16.1 Å². The Bertz CT molecular complexity index is 952. The van der Waals surface area contributed by atoms with Crippen LogP contribution in [0.15, 0.2) is 47.1 Å². The van der Waals surface area contributed by atoms with E-state index in [2.05, 4.69) is 15.3 Å². The molecule has 134 valence electrons. The predicted octanol–water partition coefficient (Wildman–Crippen LogP) is 3.74. The lowest BCUT2D eigenvalue weighted by Gasteiger charge is -2.08. The monoisotopic (exact) mass is 366 g/mol. The maximum Gasteiger partial charge on any atom is 0.419 e. The second-order valence-corrected chi connectivity index (χ2v) is 5.14. The minimum absolute atomic E-state index is 0.00827. The average molecular weight is 366 g/mol. The van der Waals surface area contributed by atoms with Crippen molar-refractivity contribution in [3.63, 3.8) is 0 Å². The molecule has 10 heteroatoms. The highest BCUT2D eigenvalue weighted by molar-refractivity contribution is 5.90. The summed E-state index contributed by atoms with van der Waals surface area (Å²) >= 11 is 0. The Labute approximate surface area is 143 Å². The molecule has 26 heavy (non-hydrogen) atoms. The number of nitrogens with two attached hydrogens (primary N) is 1. The summed E-state index contributed by atoms with van der Waals surface area (Å²) in [5.41, 5.74) is 4.32. The number of halogens is 4. The highest BCUT2D eigenvalue weighted by atomic mass is 19.4. The van der Waals surface area contributed by atoms with E-state index in [0.717, 1.165) is 12.1 Å².